The highest BCUT2D eigenvalue weighted by atomic mass is 35.5. The van der Waals surface area contributed by atoms with Crippen molar-refractivity contribution in [2.45, 2.75) is 6.92 Å². The van der Waals surface area contributed by atoms with Gasteiger partial charge in [0.2, 0.25) is 0 Å². The van der Waals surface area contributed by atoms with Crippen molar-refractivity contribution in [3.8, 4) is 5.69 Å². The Bertz CT molecular complexity index is 847. The van der Waals surface area contributed by atoms with E-state index in [4.69, 9.17) is 11.6 Å². The quantitative estimate of drug-likeness (QED) is 0.798. The van der Waals surface area contributed by atoms with Crippen LogP contribution < -0.4 is 5.32 Å². The third-order valence-electron chi connectivity index (χ3n) is 3.24. The fourth-order valence-electron chi connectivity index (χ4n) is 2.14. The molecule has 0 aliphatic carbocycles. The van der Waals surface area contributed by atoms with Crippen molar-refractivity contribution in [2.75, 3.05) is 5.32 Å². The Hall–Kier alpha value is -2.73. The highest BCUT2D eigenvalue weighted by Crippen LogP contribution is 2.24. The van der Waals surface area contributed by atoms with Crippen LogP contribution in [0.15, 0.2) is 48.8 Å². The zero-order valence-electron chi connectivity index (χ0n) is 12.1. The SMILES string of the molecule is Cc1nn(-c2ccc(F)cc2)c(Cl)c1C(=O)Nc1ccncc1. The first-order valence-electron chi connectivity index (χ1n) is 6.78. The summed E-state index contributed by atoms with van der Waals surface area (Å²) in [6.07, 6.45) is 3.15. The Labute approximate surface area is 136 Å². The minimum atomic E-state index is -0.368. The maximum Gasteiger partial charge on any atom is 0.260 e. The number of aromatic nitrogens is 3. The van der Waals surface area contributed by atoms with Crippen LogP contribution in [0.1, 0.15) is 16.1 Å². The van der Waals surface area contributed by atoms with Crippen LogP contribution in [0.3, 0.4) is 0 Å². The molecule has 3 rings (SSSR count). The highest BCUT2D eigenvalue weighted by Gasteiger charge is 2.21. The number of pyridine rings is 1. The molecule has 0 aliphatic rings. The van der Waals surface area contributed by atoms with E-state index in [0.717, 1.165) is 0 Å². The monoisotopic (exact) mass is 330 g/mol. The van der Waals surface area contributed by atoms with E-state index >= 15 is 0 Å². The molecule has 23 heavy (non-hydrogen) atoms. The molecule has 0 fully saturated rings. The van der Waals surface area contributed by atoms with E-state index in [1.54, 1.807) is 31.5 Å². The van der Waals surface area contributed by atoms with E-state index in [1.165, 1.54) is 28.9 Å². The van der Waals surface area contributed by atoms with Crippen LogP contribution in [0.5, 0.6) is 0 Å². The van der Waals surface area contributed by atoms with Gasteiger partial charge in [-0.1, -0.05) is 11.6 Å². The lowest BCUT2D eigenvalue weighted by Crippen LogP contribution is -2.13. The van der Waals surface area contributed by atoms with Crippen molar-refractivity contribution >= 4 is 23.2 Å². The van der Waals surface area contributed by atoms with Gasteiger partial charge in [-0.25, -0.2) is 9.07 Å². The second kappa shape index (κ2) is 6.18. The number of carbonyl (C=O) groups excluding carboxylic acids is 1. The van der Waals surface area contributed by atoms with Crippen LogP contribution in [0.4, 0.5) is 10.1 Å². The topological polar surface area (TPSA) is 59.8 Å². The number of halogens is 2. The second-order valence-corrected chi connectivity index (χ2v) is 5.19. The molecule has 7 heteroatoms. The minimum absolute atomic E-state index is 0.167. The summed E-state index contributed by atoms with van der Waals surface area (Å²) in [5, 5.41) is 7.17. The first kappa shape index (κ1) is 15.2. The predicted octanol–water partition coefficient (Wildman–Crippen LogP) is 3.62. The summed E-state index contributed by atoms with van der Waals surface area (Å²) < 4.78 is 14.4. The van der Waals surface area contributed by atoms with Gasteiger partial charge in [-0.2, -0.15) is 5.10 Å². The minimum Gasteiger partial charge on any atom is -0.322 e. The number of benzene rings is 1. The maximum absolute atomic E-state index is 13.0. The second-order valence-electron chi connectivity index (χ2n) is 4.83. The van der Waals surface area contributed by atoms with Gasteiger partial charge in [-0.3, -0.25) is 9.78 Å². The Balaban J connectivity index is 1.94. The molecule has 1 aromatic carbocycles. The third-order valence-corrected chi connectivity index (χ3v) is 3.59. The third kappa shape index (κ3) is 3.07. The molecule has 2 heterocycles. The molecular weight excluding hydrogens is 319 g/mol. The lowest BCUT2D eigenvalue weighted by atomic mass is 10.2. The van der Waals surface area contributed by atoms with E-state index in [9.17, 15) is 9.18 Å². The molecule has 0 radical (unpaired) electrons. The van der Waals surface area contributed by atoms with Gasteiger partial charge >= 0.3 is 0 Å². The Kier molecular flexibility index (Phi) is 4.08. The van der Waals surface area contributed by atoms with Crippen LogP contribution in [0.2, 0.25) is 5.15 Å². The van der Waals surface area contributed by atoms with Crippen molar-refractivity contribution in [1.82, 2.24) is 14.8 Å². The van der Waals surface area contributed by atoms with Gasteiger partial charge in [0, 0.05) is 18.1 Å². The Morgan fingerprint density at radius 1 is 1.17 bits per heavy atom. The molecule has 1 N–H and O–H groups in total. The number of nitrogens with zero attached hydrogens (tertiary/aromatic N) is 3. The standard InChI is InChI=1S/C16H12ClFN4O/c1-10-14(16(23)20-12-6-8-19-9-7-12)15(17)22(21-10)13-4-2-11(18)3-5-13/h2-9H,1H3,(H,19,20,23). The lowest BCUT2D eigenvalue weighted by molar-refractivity contribution is 0.102. The number of hydrogen-bond donors (Lipinski definition) is 1. The zero-order valence-corrected chi connectivity index (χ0v) is 12.9. The Morgan fingerprint density at radius 3 is 2.48 bits per heavy atom. The summed E-state index contributed by atoms with van der Waals surface area (Å²) in [5.41, 5.74) is 1.93. The fraction of sp³-hybridized carbons (Fsp3) is 0.0625. The molecule has 3 aromatic rings. The van der Waals surface area contributed by atoms with Crippen molar-refractivity contribution in [3.63, 3.8) is 0 Å². The molecule has 0 unspecified atom stereocenters. The number of rotatable bonds is 3. The van der Waals surface area contributed by atoms with Gasteiger partial charge in [0.05, 0.1) is 11.4 Å². The van der Waals surface area contributed by atoms with Gasteiger partial charge in [0.25, 0.3) is 5.91 Å². The van der Waals surface area contributed by atoms with Crippen molar-refractivity contribution in [3.05, 3.63) is 71.0 Å². The number of anilines is 1. The molecule has 0 spiro atoms. The number of carbonyl (C=O) groups is 1. The summed E-state index contributed by atoms with van der Waals surface area (Å²) in [6.45, 7) is 1.69. The summed E-state index contributed by atoms with van der Waals surface area (Å²) in [5.74, 6) is -0.725. The lowest BCUT2D eigenvalue weighted by Gasteiger charge is -2.05. The first-order valence-corrected chi connectivity index (χ1v) is 7.16. The van der Waals surface area contributed by atoms with Crippen LogP contribution >= 0.6 is 11.6 Å². The normalized spacial score (nSPS) is 10.6. The molecular formula is C16H12ClFN4O. The number of nitrogens with one attached hydrogen (secondary N) is 1. The molecule has 5 nitrogen and oxygen atoms in total. The number of amides is 1. The predicted molar refractivity (Wildman–Crippen MR) is 85.5 cm³/mol. The summed E-state index contributed by atoms with van der Waals surface area (Å²) in [7, 11) is 0. The average Bonchev–Trinajstić information content (AvgIpc) is 2.84. The van der Waals surface area contributed by atoms with Gasteiger partial charge < -0.3 is 5.32 Å². The Morgan fingerprint density at radius 2 is 1.83 bits per heavy atom. The number of hydrogen-bond acceptors (Lipinski definition) is 3. The molecule has 116 valence electrons. The highest BCUT2D eigenvalue weighted by molar-refractivity contribution is 6.34. The smallest absolute Gasteiger partial charge is 0.260 e. The molecule has 0 saturated carbocycles. The molecule has 1 amide bonds. The first-order chi connectivity index (χ1) is 11.1. The molecule has 0 saturated heterocycles. The average molecular weight is 331 g/mol. The summed E-state index contributed by atoms with van der Waals surface area (Å²) in [4.78, 5) is 16.3. The molecule has 2 aromatic heterocycles. The molecule has 0 atom stereocenters. The number of aryl methyl sites for hydroxylation is 1. The van der Waals surface area contributed by atoms with Crippen LogP contribution in [-0.2, 0) is 0 Å². The van der Waals surface area contributed by atoms with Crippen molar-refractivity contribution < 1.29 is 9.18 Å². The van der Waals surface area contributed by atoms with Crippen LogP contribution in [0.25, 0.3) is 5.69 Å². The van der Waals surface area contributed by atoms with Crippen molar-refractivity contribution in [1.29, 1.82) is 0 Å². The van der Waals surface area contributed by atoms with Crippen LogP contribution in [0, 0.1) is 12.7 Å². The van der Waals surface area contributed by atoms with Gasteiger partial charge in [0.1, 0.15) is 16.5 Å². The van der Waals surface area contributed by atoms with E-state index in [0.29, 0.717) is 17.1 Å². The zero-order chi connectivity index (χ0) is 16.4. The maximum atomic E-state index is 13.0. The van der Waals surface area contributed by atoms with E-state index < -0.39 is 0 Å². The van der Waals surface area contributed by atoms with E-state index in [1.807, 2.05) is 0 Å². The molecule has 0 aliphatic heterocycles. The van der Waals surface area contributed by atoms with Crippen LogP contribution in [-0.4, -0.2) is 20.7 Å². The van der Waals surface area contributed by atoms with E-state index in [2.05, 4.69) is 15.4 Å². The largest absolute Gasteiger partial charge is 0.322 e. The van der Waals surface area contributed by atoms with Gasteiger partial charge in [0.15, 0.2) is 0 Å². The van der Waals surface area contributed by atoms with E-state index in [-0.39, 0.29) is 22.4 Å². The summed E-state index contributed by atoms with van der Waals surface area (Å²) >= 11 is 6.30. The molecule has 0 bridgehead atoms. The fourth-order valence-corrected chi connectivity index (χ4v) is 2.50. The van der Waals surface area contributed by atoms with Gasteiger partial charge in [-0.15, -0.1) is 0 Å². The summed E-state index contributed by atoms with van der Waals surface area (Å²) in [6, 6.07) is 9.03. The van der Waals surface area contributed by atoms with Crippen molar-refractivity contribution in [2.24, 2.45) is 0 Å². The van der Waals surface area contributed by atoms with Gasteiger partial charge in [-0.05, 0) is 43.3 Å².